The zero-order valence-corrected chi connectivity index (χ0v) is 21.0. The van der Waals surface area contributed by atoms with Crippen LogP contribution in [0.1, 0.15) is 0 Å². The Kier molecular flexibility index (Phi) is 7.06. The maximum absolute atomic E-state index is 12.8. The van der Waals surface area contributed by atoms with E-state index in [0.717, 1.165) is 26.7 Å². The molecule has 2 atom stereocenters. The third-order valence-corrected chi connectivity index (χ3v) is 7.88. The molecule has 0 saturated carbocycles. The molecule has 2 aliphatic rings. The maximum Gasteiger partial charge on any atom is 0.352 e. The van der Waals surface area contributed by atoms with Gasteiger partial charge < -0.3 is 14.9 Å². The zero-order valence-electron chi connectivity index (χ0n) is 19.4. The highest BCUT2D eigenvalue weighted by Gasteiger charge is 2.53. The van der Waals surface area contributed by atoms with Crippen molar-refractivity contribution in [2.24, 2.45) is 0 Å². The van der Waals surface area contributed by atoms with Crippen molar-refractivity contribution in [1.82, 2.24) is 10.2 Å². The lowest BCUT2D eigenvalue weighted by Gasteiger charge is -2.49. The number of nitrogens with one attached hydrogen (secondary N) is 1. The van der Waals surface area contributed by atoms with Gasteiger partial charge in [-0.15, -0.1) is 23.5 Å². The maximum atomic E-state index is 12.8. The fourth-order valence-corrected chi connectivity index (χ4v) is 5.98. The van der Waals surface area contributed by atoms with Crippen LogP contribution < -0.4 is 5.32 Å². The molecule has 0 spiro atoms. The number of hydrogen-bond acceptors (Lipinski definition) is 5. The Balaban J connectivity index is 1.38. The van der Waals surface area contributed by atoms with Gasteiger partial charge in [0.05, 0.1) is 33.4 Å². The number of carbonyl (C=O) groups excluding carboxylic acids is 2. The van der Waals surface area contributed by atoms with Crippen molar-refractivity contribution in [3.63, 3.8) is 0 Å². The Hall–Kier alpha value is -2.75. The van der Waals surface area contributed by atoms with Crippen LogP contribution >= 0.6 is 23.5 Å². The zero-order chi connectivity index (χ0) is 24.5. The summed E-state index contributed by atoms with van der Waals surface area (Å²) in [5, 5.41) is 14.4. The summed E-state index contributed by atoms with van der Waals surface area (Å²) in [5.41, 5.74) is 0.634. The van der Waals surface area contributed by atoms with Crippen LogP contribution in [0, 0.1) is 0 Å². The van der Waals surface area contributed by atoms with E-state index in [4.69, 9.17) is 0 Å². The molecular weight excluding hydrogens is 470 g/mol. The number of likely N-dealkylation sites (N-methyl/N-ethyl adjacent to an activating group) is 1. The molecule has 2 heterocycles. The van der Waals surface area contributed by atoms with Crippen molar-refractivity contribution in [3.05, 3.63) is 65.9 Å². The lowest BCUT2D eigenvalue weighted by Crippen LogP contribution is -2.70. The van der Waals surface area contributed by atoms with Gasteiger partial charge in [-0.25, -0.2) is 4.79 Å². The smallest absolute Gasteiger partial charge is 0.352 e. The second-order valence-corrected chi connectivity index (χ2v) is 11.5. The lowest BCUT2D eigenvalue weighted by atomic mass is 10.0. The van der Waals surface area contributed by atoms with Gasteiger partial charge in [0.2, 0.25) is 5.91 Å². The molecule has 2 aromatic rings. The van der Waals surface area contributed by atoms with Crippen LogP contribution in [0.15, 0.2) is 70.8 Å². The molecule has 0 bridgehead atoms. The molecule has 0 unspecified atom stereocenters. The van der Waals surface area contributed by atoms with E-state index < -0.39 is 17.4 Å². The standard InChI is InChI=1S/C25H27N3O4S2/c1-28(2,3)12-6-9-18-14-34-24-21(23(30)27(24)22(18)25(31)32)26-20(29)15-33-19-11-10-16-7-4-5-8-17(16)13-19/h4-11,13,21,24H,12,14-15H2,1-3H3,(H-,26,29,31,32)/p+1/t21-,24-/m1/s1. The van der Waals surface area contributed by atoms with Gasteiger partial charge in [-0.2, -0.15) is 0 Å². The minimum absolute atomic E-state index is 0.0162. The number of benzene rings is 2. The Morgan fingerprint density at radius 3 is 2.65 bits per heavy atom. The predicted molar refractivity (Wildman–Crippen MR) is 136 cm³/mol. The van der Waals surface area contributed by atoms with Crippen molar-refractivity contribution < 1.29 is 24.0 Å². The van der Waals surface area contributed by atoms with E-state index in [-0.39, 0.29) is 23.3 Å². The first-order valence-corrected chi connectivity index (χ1v) is 13.0. The molecule has 7 nitrogen and oxygen atoms in total. The number of β-lactam (4-membered cyclic amide) rings is 1. The average molecular weight is 499 g/mol. The van der Waals surface area contributed by atoms with Crippen LogP contribution in [0.3, 0.4) is 0 Å². The highest BCUT2D eigenvalue weighted by Crippen LogP contribution is 2.40. The van der Waals surface area contributed by atoms with Gasteiger partial charge in [-0.1, -0.05) is 36.4 Å². The first kappa shape index (κ1) is 24.4. The molecule has 0 aromatic heterocycles. The quantitative estimate of drug-likeness (QED) is 0.331. The number of amides is 2. The molecule has 178 valence electrons. The van der Waals surface area contributed by atoms with Gasteiger partial charge >= 0.3 is 5.97 Å². The largest absolute Gasteiger partial charge is 0.477 e. The van der Waals surface area contributed by atoms with Gasteiger partial charge in [0, 0.05) is 10.6 Å². The van der Waals surface area contributed by atoms with Gasteiger partial charge in [0.15, 0.2) is 0 Å². The highest BCUT2D eigenvalue weighted by molar-refractivity contribution is 8.00. The first-order chi connectivity index (χ1) is 16.1. The molecule has 34 heavy (non-hydrogen) atoms. The first-order valence-electron chi connectivity index (χ1n) is 10.9. The summed E-state index contributed by atoms with van der Waals surface area (Å²) >= 11 is 2.89. The number of aliphatic carboxylic acids is 1. The molecule has 1 saturated heterocycles. The molecule has 4 rings (SSSR count). The molecule has 2 aromatic carbocycles. The fourth-order valence-electron chi connectivity index (χ4n) is 3.90. The highest BCUT2D eigenvalue weighted by atomic mass is 32.2. The second kappa shape index (κ2) is 9.85. The minimum atomic E-state index is -1.12. The lowest BCUT2D eigenvalue weighted by molar-refractivity contribution is -0.864. The van der Waals surface area contributed by atoms with Crippen molar-refractivity contribution >= 4 is 52.1 Å². The normalized spacial score (nSPS) is 20.4. The molecule has 9 heteroatoms. The number of quaternary nitrogens is 1. The summed E-state index contributed by atoms with van der Waals surface area (Å²) in [6, 6.07) is 13.4. The van der Waals surface area contributed by atoms with Crippen molar-refractivity contribution in [2.75, 3.05) is 39.2 Å². The summed E-state index contributed by atoms with van der Waals surface area (Å²) in [6.45, 7) is 0.742. The van der Waals surface area contributed by atoms with Gasteiger partial charge in [-0.3, -0.25) is 14.5 Å². The van der Waals surface area contributed by atoms with E-state index in [1.54, 1.807) is 6.08 Å². The predicted octanol–water partition coefficient (Wildman–Crippen LogP) is 2.93. The number of allylic oxidation sites excluding steroid dienone is 1. The van der Waals surface area contributed by atoms with Crippen LogP contribution in [0.2, 0.25) is 0 Å². The number of rotatable bonds is 8. The molecule has 0 aliphatic carbocycles. The van der Waals surface area contributed by atoms with Crippen molar-refractivity contribution in [2.45, 2.75) is 16.3 Å². The van der Waals surface area contributed by atoms with Crippen LogP contribution in [0.5, 0.6) is 0 Å². The molecular formula is C25H28N3O4S2+. The minimum Gasteiger partial charge on any atom is -0.477 e. The second-order valence-electron chi connectivity index (χ2n) is 9.31. The Morgan fingerprint density at radius 1 is 1.21 bits per heavy atom. The van der Waals surface area contributed by atoms with Crippen molar-refractivity contribution in [1.29, 1.82) is 0 Å². The number of carboxylic acid groups (broad SMARTS) is 1. The Labute approximate surface area is 207 Å². The fraction of sp³-hybridized carbons (Fsp3) is 0.320. The number of carboxylic acids is 1. The summed E-state index contributed by atoms with van der Waals surface area (Å²) in [7, 11) is 6.15. The summed E-state index contributed by atoms with van der Waals surface area (Å²) in [5.74, 6) is -1.09. The molecule has 2 aliphatic heterocycles. The third kappa shape index (κ3) is 5.32. The SMILES string of the molecule is C[N+](C)(C)CC=CC1=C(C(=O)O)N2C(=O)[C@@H](NC(=O)CSc3ccc4ccccc4c3)[C@H]2SC1. The van der Waals surface area contributed by atoms with Crippen LogP contribution in [0.25, 0.3) is 10.8 Å². The number of fused-ring (bicyclic) bond motifs is 2. The van der Waals surface area contributed by atoms with Crippen LogP contribution in [-0.4, -0.2) is 82.9 Å². The van der Waals surface area contributed by atoms with E-state index >= 15 is 0 Å². The van der Waals surface area contributed by atoms with Crippen LogP contribution in [0.4, 0.5) is 0 Å². The van der Waals surface area contributed by atoms with Gasteiger partial charge in [0.1, 0.15) is 17.1 Å². The summed E-state index contributed by atoms with van der Waals surface area (Å²) < 4.78 is 0.718. The van der Waals surface area contributed by atoms with Gasteiger partial charge in [-0.05, 0) is 34.6 Å². The Morgan fingerprint density at radius 2 is 1.94 bits per heavy atom. The number of thioether (sulfide) groups is 2. The topological polar surface area (TPSA) is 86.7 Å². The monoisotopic (exact) mass is 498 g/mol. The van der Waals surface area contributed by atoms with Gasteiger partial charge in [0.25, 0.3) is 5.91 Å². The van der Waals surface area contributed by atoms with Crippen LogP contribution in [-0.2, 0) is 14.4 Å². The summed E-state index contributed by atoms with van der Waals surface area (Å²) in [4.78, 5) is 39.6. The molecule has 0 radical (unpaired) electrons. The number of nitrogens with zero attached hydrogens (tertiary/aromatic N) is 2. The average Bonchev–Trinajstić information content (AvgIpc) is 2.79. The van der Waals surface area contributed by atoms with E-state index in [2.05, 4.69) is 5.32 Å². The van der Waals surface area contributed by atoms with E-state index in [1.807, 2.05) is 69.7 Å². The Bertz CT molecular complexity index is 1200. The third-order valence-electron chi connectivity index (χ3n) is 5.58. The summed E-state index contributed by atoms with van der Waals surface area (Å²) in [6.07, 6.45) is 3.74. The number of carbonyl (C=O) groups is 3. The van der Waals surface area contributed by atoms with Crippen molar-refractivity contribution in [3.8, 4) is 0 Å². The van der Waals surface area contributed by atoms with E-state index in [1.165, 1.54) is 28.4 Å². The van der Waals surface area contributed by atoms with E-state index in [9.17, 15) is 19.5 Å². The molecule has 2 amide bonds. The van der Waals surface area contributed by atoms with E-state index in [0.29, 0.717) is 11.3 Å². The molecule has 2 N–H and O–H groups in total. The molecule has 1 fully saturated rings. The number of hydrogen-bond donors (Lipinski definition) is 2.